The van der Waals surface area contributed by atoms with Crippen LogP contribution in [0.3, 0.4) is 0 Å². The Hall–Kier alpha value is -1.29. The van der Waals surface area contributed by atoms with E-state index in [0.717, 1.165) is 17.7 Å². The summed E-state index contributed by atoms with van der Waals surface area (Å²) in [5.41, 5.74) is 2.05. The summed E-state index contributed by atoms with van der Waals surface area (Å²) in [6.45, 7) is 3.21. The Morgan fingerprint density at radius 3 is 2.93 bits per heavy atom. The molecule has 4 nitrogen and oxygen atoms in total. The largest absolute Gasteiger partial charge is 0.481 e. The molecule has 2 N–H and O–H groups in total. The number of furan rings is 1. The van der Waals surface area contributed by atoms with Crippen LogP contribution in [-0.4, -0.2) is 24.2 Å². The molecular formula is C10H13NO3. The zero-order valence-electron chi connectivity index (χ0n) is 7.99. The molecule has 4 heteroatoms. The molecule has 2 rings (SSSR count). The van der Waals surface area contributed by atoms with Gasteiger partial charge in [-0.3, -0.25) is 4.79 Å². The molecule has 14 heavy (non-hydrogen) atoms. The van der Waals surface area contributed by atoms with E-state index in [1.807, 2.05) is 6.92 Å². The smallest absolute Gasteiger partial charge is 0.308 e. The van der Waals surface area contributed by atoms with Gasteiger partial charge in [-0.1, -0.05) is 0 Å². The highest BCUT2D eigenvalue weighted by Gasteiger charge is 2.35. The van der Waals surface area contributed by atoms with Gasteiger partial charge in [0.2, 0.25) is 0 Å². The van der Waals surface area contributed by atoms with Crippen molar-refractivity contribution in [3.63, 3.8) is 0 Å². The molecule has 0 spiro atoms. The zero-order chi connectivity index (χ0) is 10.1. The minimum absolute atomic E-state index is 0.0475. The van der Waals surface area contributed by atoms with E-state index in [9.17, 15) is 4.79 Å². The molecule has 1 aliphatic heterocycles. The van der Waals surface area contributed by atoms with Crippen LogP contribution >= 0.6 is 0 Å². The average Bonchev–Trinajstić information content (AvgIpc) is 2.70. The van der Waals surface area contributed by atoms with E-state index < -0.39 is 5.97 Å². The second-order valence-corrected chi connectivity index (χ2v) is 3.72. The van der Waals surface area contributed by atoms with Gasteiger partial charge in [-0.25, -0.2) is 0 Å². The van der Waals surface area contributed by atoms with E-state index in [4.69, 9.17) is 9.52 Å². The lowest BCUT2D eigenvalue weighted by molar-refractivity contribution is -0.141. The van der Waals surface area contributed by atoms with Crippen LogP contribution in [0, 0.1) is 12.8 Å². The standard InChI is InChI=1S/C10H13NO3/c1-6-4-14-5-9(6)7-2-11-3-8(7)10(12)13/h4-5,7-8,11H,2-3H2,1H3,(H,12,13). The van der Waals surface area contributed by atoms with E-state index in [-0.39, 0.29) is 11.8 Å². The Labute approximate surface area is 81.9 Å². The highest BCUT2D eigenvalue weighted by molar-refractivity contribution is 5.72. The Kier molecular flexibility index (Phi) is 2.29. The first kappa shape index (κ1) is 9.27. The van der Waals surface area contributed by atoms with Gasteiger partial charge in [0.05, 0.1) is 18.4 Å². The lowest BCUT2D eigenvalue weighted by Crippen LogP contribution is -2.21. The number of hydrogen-bond acceptors (Lipinski definition) is 3. The number of hydrogen-bond donors (Lipinski definition) is 2. The van der Waals surface area contributed by atoms with Gasteiger partial charge in [-0.15, -0.1) is 0 Å². The van der Waals surface area contributed by atoms with E-state index >= 15 is 0 Å². The Morgan fingerprint density at radius 2 is 2.36 bits per heavy atom. The van der Waals surface area contributed by atoms with Crippen LogP contribution in [0.5, 0.6) is 0 Å². The van der Waals surface area contributed by atoms with E-state index in [0.29, 0.717) is 6.54 Å². The maximum absolute atomic E-state index is 10.9. The van der Waals surface area contributed by atoms with E-state index in [1.54, 1.807) is 12.5 Å². The molecule has 0 radical (unpaired) electrons. The van der Waals surface area contributed by atoms with Gasteiger partial charge in [0, 0.05) is 19.0 Å². The molecule has 0 aliphatic carbocycles. The lowest BCUT2D eigenvalue weighted by atomic mass is 9.89. The number of aliphatic carboxylic acids is 1. The first-order chi connectivity index (χ1) is 6.70. The van der Waals surface area contributed by atoms with Crippen molar-refractivity contribution in [3.05, 3.63) is 23.7 Å². The molecule has 0 bridgehead atoms. The van der Waals surface area contributed by atoms with Crippen LogP contribution in [-0.2, 0) is 4.79 Å². The van der Waals surface area contributed by atoms with Crippen LogP contribution in [0.1, 0.15) is 17.0 Å². The van der Waals surface area contributed by atoms with Crippen LogP contribution in [0.25, 0.3) is 0 Å². The molecule has 1 aromatic heterocycles. The molecule has 1 aromatic rings. The molecule has 1 aliphatic rings. The van der Waals surface area contributed by atoms with Crippen molar-refractivity contribution in [1.82, 2.24) is 5.32 Å². The molecule has 0 saturated carbocycles. The average molecular weight is 195 g/mol. The number of nitrogens with one attached hydrogen (secondary N) is 1. The van der Waals surface area contributed by atoms with E-state index in [1.165, 1.54) is 0 Å². The number of rotatable bonds is 2. The first-order valence-corrected chi connectivity index (χ1v) is 4.66. The number of carbonyl (C=O) groups is 1. The molecule has 1 fully saturated rings. The quantitative estimate of drug-likeness (QED) is 0.738. The van der Waals surface area contributed by atoms with Crippen molar-refractivity contribution < 1.29 is 14.3 Å². The minimum atomic E-state index is -0.736. The van der Waals surface area contributed by atoms with E-state index in [2.05, 4.69) is 5.32 Å². The summed E-state index contributed by atoms with van der Waals surface area (Å²) in [6, 6.07) is 0. The summed E-state index contributed by atoms with van der Waals surface area (Å²) in [4.78, 5) is 10.9. The van der Waals surface area contributed by atoms with Gasteiger partial charge in [0.15, 0.2) is 0 Å². The Bertz CT molecular complexity index is 345. The van der Waals surface area contributed by atoms with Crippen molar-refractivity contribution in [2.24, 2.45) is 5.92 Å². The highest BCUT2D eigenvalue weighted by Crippen LogP contribution is 2.30. The Balaban J connectivity index is 2.26. The molecule has 2 atom stereocenters. The number of aryl methyl sites for hydroxylation is 1. The second kappa shape index (κ2) is 3.46. The summed E-state index contributed by atoms with van der Waals surface area (Å²) in [5.74, 6) is -1.02. The predicted molar refractivity (Wildman–Crippen MR) is 50.2 cm³/mol. The third-order valence-electron chi connectivity index (χ3n) is 2.83. The van der Waals surface area contributed by atoms with Gasteiger partial charge >= 0.3 is 5.97 Å². The molecule has 1 saturated heterocycles. The third kappa shape index (κ3) is 1.42. The second-order valence-electron chi connectivity index (χ2n) is 3.72. The van der Waals surface area contributed by atoms with Crippen LogP contribution in [0.15, 0.2) is 16.9 Å². The summed E-state index contributed by atoms with van der Waals surface area (Å²) in [5, 5.41) is 12.1. The normalized spacial score (nSPS) is 26.6. The van der Waals surface area contributed by atoms with Crippen molar-refractivity contribution >= 4 is 5.97 Å². The molecule has 2 heterocycles. The zero-order valence-corrected chi connectivity index (χ0v) is 7.99. The third-order valence-corrected chi connectivity index (χ3v) is 2.83. The molecule has 2 unspecified atom stereocenters. The van der Waals surface area contributed by atoms with Crippen LogP contribution < -0.4 is 5.32 Å². The van der Waals surface area contributed by atoms with Gasteiger partial charge in [0.25, 0.3) is 0 Å². The van der Waals surface area contributed by atoms with Crippen molar-refractivity contribution in [1.29, 1.82) is 0 Å². The van der Waals surface area contributed by atoms with Crippen LogP contribution in [0.2, 0.25) is 0 Å². The van der Waals surface area contributed by atoms with Gasteiger partial charge in [0.1, 0.15) is 0 Å². The van der Waals surface area contributed by atoms with Crippen LogP contribution in [0.4, 0.5) is 0 Å². The highest BCUT2D eigenvalue weighted by atomic mass is 16.4. The summed E-state index contributed by atoms with van der Waals surface area (Å²) >= 11 is 0. The summed E-state index contributed by atoms with van der Waals surface area (Å²) in [6.07, 6.45) is 3.31. The first-order valence-electron chi connectivity index (χ1n) is 4.66. The Morgan fingerprint density at radius 1 is 1.57 bits per heavy atom. The minimum Gasteiger partial charge on any atom is -0.481 e. The molecular weight excluding hydrogens is 182 g/mol. The SMILES string of the molecule is Cc1cocc1C1CNCC1C(=O)O. The van der Waals surface area contributed by atoms with Crippen molar-refractivity contribution in [2.45, 2.75) is 12.8 Å². The maximum atomic E-state index is 10.9. The van der Waals surface area contributed by atoms with Gasteiger partial charge in [-0.2, -0.15) is 0 Å². The van der Waals surface area contributed by atoms with Crippen molar-refractivity contribution in [3.8, 4) is 0 Å². The summed E-state index contributed by atoms with van der Waals surface area (Å²) in [7, 11) is 0. The van der Waals surface area contributed by atoms with Crippen molar-refractivity contribution in [2.75, 3.05) is 13.1 Å². The monoisotopic (exact) mass is 195 g/mol. The van der Waals surface area contributed by atoms with Gasteiger partial charge in [-0.05, 0) is 18.1 Å². The fourth-order valence-electron chi connectivity index (χ4n) is 2.02. The predicted octanol–water partition coefficient (Wildman–Crippen LogP) is 0.976. The summed E-state index contributed by atoms with van der Waals surface area (Å²) < 4.78 is 5.07. The molecule has 0 aromatic carbocycles. The maximum Gasteiger partial charge on any atom is 0.308 e. The number of carboxylic acid groups (broad SMARTS) is 1. The molecule has 0 amide bonds. The fraction of sp³-hybridized carbons (Fsp3) is 0.500. The number of carboxylic acids is 1. The fourth-order valence-corrected chi connectivity index (χ4v) is 2.02. The topological polar surface area (TPSA) is 62.5 Å². The van der Waals surface area contributed by atoms with Gasteiger partial charge < -0.3 is 14.8 Å². The molecule has 76 valence electrons. The lowest BCUT2D eigenvalue weighted by Gasteiger charge is -2.13.